The second-order valence-corrected chi connectivity index (χ2v) is 6.06. The molecule has 0 saturated carbocycles. The fourth-order valence-corrected chi connectivity index (χ4v) is 2.55. The zero-order valence-corrected chi connectivity index (χ0v) is 13.8. The van der Waals surface area contributed by atoms with Gasteiger partial charge in [-0.25, -0.2) is 4.79 Å². The number of carbonyl (C=O) groups is 1. The average Bonchev–Trinajstić information content (AvgIpc) is 2.54. The van der Waals surface area contributed by atoms with Crippen LogP contribution in [0.4, 0.5) is 0 Å². The van der Waals surface area contributed by atoms with Crippen LogP contribution in [0.25, 0.3) is 0 Å². The van der Waals surface area contributed by atoms with E-state index >= 15 is 0 Å². The zero-order valence-electron chi connectivity index (χ0n) is 13.8. The van der Waals surface area contributed by atoms with Crippen molar-refractivity contribution in [2.24, 2.45) is 0 Å². The van der Waals surface area contributed by atoms with Crippen LogP contribution in [-0.2, 0) is 14.3 Å². The molecule has 0 aromatic carbocycles. The van der Waals surface area contributed by atoms with Gasteiger partial charge in [-0.1, -0.05) is 51.9 Å². The van der Waals surface area contributed by atoms with E-state index in [2.05, 4.69) is 6.92 Å². The first-order valence-corrected chi connectivity index (χ1v) is 8.53. The molecule has 1 saturated heterocycles. The first kappa shape index (κ1) is 20.3. The molecule has 23 heavy (non-hydrogen) atoms. The molecule has 0 aromatic heterocycles. The van der Waals surface area contributed by atoms with Crippen LogP contribution >= 0.6 is 0 Å². The van der Waals surface area contributed by atoms with Crippen LogP contribution < -0.4 is 0 Å². The van der Waals surface area contributed by atoms with E-state index in [1.807, 2.05) is 0 Å². The number of hydrogen-bond donors (Lipinski definition) is 4. The minimum Gasteiger partial charge on any atom is -0.464 e. The molecular weight excluding hydrogens is 304 g/mol. The molecule has 1 unspecified atom stereocenters. The molecule has 0 spiro atoms. The summed E-state index contributed by atoms with van der Waals surface area (Å²) < 4.78 is 9.80. The van der Waals surface area contributed by atoms with Gasteiger partial charge in [0.2, 0.25) is 0 Å². The molecule has 0 bridgehead atoms. The topological polar surface area (TPSA) is 116 Å². The number of aliphatic hydroxyl groups is 4. The lowest BCUT2D eigenvalue weighted by atomic mass is 9.99. The molecule has 1 fully saturated rings. The van der Waals surface area contributed by atoms with Crippen LogP contribution in [-0.4, -0.2) is 63.7 Å². The van der Waals surface area contributed by atoms with Crippen molar-refractivity contribution in [3.8, 4) is 0 Å². The standard InChI is InChI=1S/C16H30O7/c1-2-3-4-5-6-7-8-9-10-22-16(21)14-12(18)11(17)13(19)15(20)23-14/h11-15,17-20H,2-10H2,1H3/t11-,12-,13+,14-,15?/m0/s1. The first-order valence-electron chi connectivity index (χ1n) is 8.53. The quantitative estimate of drug-likeness (QED) is 0.339. The van der Waals surface area contributed by atoms with Crippen LogP contribution in [0.15, 0.2) is 0 Å². The van der Waals surface area contributed by atoms with E-state index in [0.29, 0.717) is 0 Å². The molecule has 7 heteroatoms. The van der Waals surface area contributed by atoms with Crippen molar-refractivity contribution in [2.75, 3.05) is 6.61 Å². The van der Waals surface area contributed by atoms with Crippen molar-refractivity contribution in [3.63, 3.8) is 0 Å². The predicted octanol–water partition coefficient (Wildman–Crippen LogP) is 0.470. The summed E-state index contributed by atoms with van der Waals surface area (Å²) in [6, 6.07) is 0. The van der Waals surface area contributed by atoms with Gasteiger partial charge in [-0.05, 0) is 6.42 Å². The van der Waals surface area contributed by atoms with Gasteiger partial charge in [-0.3, -0.25) is 0 Å². The number of rotatable bonds is 10. The largest absolute Gasteiger partial charge is 0.464 e. The van der Waals surface area contributed by atoms with Crippen LogP contribution in [0, 0.1) is 0 Å². The second kappa shape index (κ2) is 10.9. The Balaban J connectivity index is 2.14. The van der Waals surface area contributed by atoms with Crippen molar-refractivity contribution in [1.29, 1.82) is 0 Å². The monoisotopic (exact) mass is 334 g/mol. The minimum absolute atomic E-state index is 0.203. The third-order valence-electron chi connectivity index (χ3n) is 4.06. The molecule has 0 amide bonds. The summed E-state index contributed by atoms with van der Waals surface area (Å²) in [6.45, 7) is 2.38. The summed E-state index contributed by atoms with van der Waals surface area (Å²) in [7, 11) is 0. The van der Waals surface area contributed by atoms with Crippen LogP contribution in [0.3, 0.4) is 0 Å². The van der Waals surface area contributed by atoms with E-state index in [-0.39, 0.29) is 6.61 Å². The summed E-state index contributed by atoms with van der Waals surface area (Å²) in [5.41, 5.74) is 0. The molecule has 0 radical (unpaired) electrons. The van der Waals surface area contributed by atoms with Crippen molar-refractivity contribution in [1.82, 2.24) is 0 Å². The lowest BCUT2D eigenvalue weighted by Crippen LogP contribution is -2.59. The lowest BCUT2D eigenvalue weighted by Gasteiger charge is -2.36. The van der Waals surface area contributed by atoms with Gasteiger partial charge in [0.25, 0.3) is 0 Å². The summed E-state index contributed by atoms with van der Waals surface area (Å²) in [4.78, 5) is 11.8. The number of hydrogen-bond acceptors (Lipinski definition) is 7. The van der Waals surface area contributed by atoms with Gasteiger partial charge in [0.1, 0.15) is 18.3 Å². The summed E-state index contributed by atoms with van der Waals surface area (Å²) in [5, 5.41) is 37.9. The molecule has 1 aliphatic heterocycles. The SMILES string of the molecule is CCCCCCCCCCOC(=O)[C@H]1OC(O)[C@H](O)[C@@H](O)[C@@H]1O. The van der Waals surface area contributed by atoms with Crippen LogP contribution in [0.5, 0.6) is 0 Å². The van der Waals surface area contributed by atoms with Gasteiger partial charge < -0.3 is 29.9 Å². The highest BCUT2D eigenvalue weighted by molar-refractivity contribution is 5.75. The Hall–Kier alpha value is -0.730. The van der Waals surface area contributed by atoms with E-state index in [9.17, 15) is 25.2 Å². The molecule has 0 aliphatic carbocycles. The molecule has 1 rings (SSSR count). The number of esters is 1. The predicted molar refractivity (Wildman–Crippen MR) is 82.5 cm³/mol. The van der Waals surface area contributed by atoms with Gasteiger partial charge in [-0.2, -0.15) is 0 Å². The first-order chi connectivity index (χ1) is 11.0. The molecule has 5 atom stereocenters. The molecule has 0 aromatic rings. The Morgan fingerprint density at radius 3 is 2.04 bits per heavy atom. The van der Waals surface area contributed by atoms with Gasteiger partial charge in [-0.15, -0.1) is 0 Å². The lowest BCUT2D eigenvalue weighted by molar-refractivity contribution is -0.281. The maximum atomic E-state index is 11.8. The van der Waals surface area contributed by atoms with Crippen LogP contribution in [0.1, 0.15) is 58.3 Å². The minimum atomic E-state index is -1.73. The highest BCUT2D eigenvalue weighted by atomic mass is 16.7. The third-order valence-corrected chi connectivity index (χ3v) is 4.06. The van der Waals surface area contributed by atoms with E-state index in [1.165, 1.54) is 32.1 Å². The fraction of sp³-hybridized carbons (Fsp3) is 0.938. The maximum Gasteiger partial charge on any atom is 0.338 e. The normalized spacial score (nSPS) is 31.1. The Morgan fingerprint density at radius 2 is 1.43 bits per heavy atom. The van der Waals surface area contributed by atoms with Crippen molar-refractivity contribution in [2.45, 2.75) is 89.0 Å². The molecule has 136 valence electrons. The van der Waals surface area contributed by atoms with Gasteiger partial charge in [0.05, 0.1) is 6.61 Å². The molecule has 7 nitrogen and oxygen atoms in total. The van der Waals surface area contributed by atoms with Gasteiger partial charge >= 0.3 is 5.97 Å². The Labute approximate surface area is 137 Å². The van der Waals surface area contributed by atoms with E-state index in [0.717, 1.165) is 19.3 Å². The smallest absolute Gasteiger partial charge is 0.338 e. The Morgan fingerprint density at radius 1 is 0.870 bits per heavy atom. The summed E-state index contributed by atoms with van der Waals surface area (Å²) >= 11 is 0. The van der Waals surface area contributed by atoms with Crippen molar-refractivity contribution in [3.05, 3.63) is 0 Å². The Bertz CT molecular complexity index is 336. The summed E-state index contributed by atoms with van der Waals surface area (Å²) in [6.07, 6.45) is 0.786. The molecule has 1 heterocycles. The molecular formula is C16H30O7. The Kier molecular flexibility index (Phi) is 9.66. The summed E-state index contributed by atoms with van der Waals surface area (Å²) in [5.74, 6) is -0.842. The van der Waals surface area contributed by atoms with Gasteiger partial charge in [0, 0.05) is 0 Å². The van der Waals surface area contributed by atoms with E-state index in [1.54, 1.807) is 0 Å². The second-order valence-electron chi connectivity index (χ2n) is 6.06. The van der Waals surface area contributed by atoms with E-state index in [4.69, 9.17) is 9.47 Å². The highest BCUT2D eigenvalue weighted by Gasteiger charge is 2.46. The van der Waals surface area contributed by atoms with Gasteiger partial charge in [0.15, 0.2) is 12.4 Å². The van der Waals surface area contributed by atoms with Crippen LogP contribution in [0.2, 0.25) is 0 Å². The third kappa shape index (κ3) is 6.73. The number of aliphatic hydroxyl groups excluding tert-OH is 4. The number of carbonyl (C=O) groups excluding carboxylic acids is 1. The van der Waals surface area contributed by atoms with Crippen molar-refractivity contribution >= 4 is 5.97 Å². The number of ether oxygens (including phenoxy) is 2. The highest BCUT2D eigenvalue weighted by Crippen LogP contribution is 2.21. The number of unbranched alkanes of at least 4 members (excludes halogenated alkanes) is 7. The van der Waals surface area contributed by atoms with E-state index < -0.39 is 36.7 Å². The average molecular weight is 334 g/mol. The molecule has 1 aliphatic rings. The maximum absolute atomic E-state index is 11.8. The zero-order chi connectivity index (χ0) is 17.2. The molecule has 4 N–H and O–H groups in total. The fourth-order valence-electron chi connectivity index (χ4n) is 2.55. The van der Waals surface area contributed by atoms with Crippen molar-refractivity contribution < 1.29 is 34.7 Å².